The summed E-state index contributed by atoms with van der Waals surface area (Å²) in [7, 11) is 0. The molecule has 0 spiro atoms. The molecule has 4 nitrogen and oxygen atoms in total. The second-order valence-electron chi connectivity index (χ2n) is 17.2. The molecule has 0 aliphatic heterocycles. The van der Waals surface area contributed by atoms with E-state index in [1.807, 2.05) is 23.5 Å². The van der Waals surface area contributed by atoms with E-state index in [4.69, 9.17) is 15.0 Å². The van der Waals surface area contributed by atoms with Crippen LogP contribution in [0.1, 0.15) is 0 Å². The SMILES string of the molecule is c1ccc(-c2ccc(-c3nc(-c4ccc(-c5ccccc5)cc4)nc(-c4ccc(-n5c6ccccc6c6ccc(-c7cccc8c7sc7ccccc78)cc65)cc4-c4ccccc4)n3)cc2)cc1. The molecule has 0 aliphatic carbocycles. The van der Waals surface area contributed by atoms with Crippen LogP contribution >= 0.6 is 11.3 Å². The van der Waals surface area contributed by atoms with Gasteiger partial charge in [0.05, 0.1) is 11.0 Å². The van der Waals surface area contributed by atoms with Gasteiger partial charge in [-0.3, -0.25) is 0 Å². The highest BCUT2D eigenvalue weighted by Gasteiger charge is 2.20. The minimum atomic E-state index is 0.607. The molecule has 3 heterocycles. The Morgan fingerprint density at radius 2 is 0.779 bits per heavy atom. The average Bonchev–Trinajstić information content (AvgIpc) is 3.97. The predicted molar refractivity (Wildman–Crippen MR) is 285 cm³/mol. The van der Waals surface area contributed by atoms with E-state index in [2.05, 4.69) is 235 Å². The zero-order chi connectivity index (χ0) is 45.0. The third-order valence-electron chi connectivity index (χ3n) is 13.1. The molecule has 3 aromatic heterocycles. The lowest BCUT2D eigenvalue weighted by atomic mass is 9.97. The van der Waals surface area contributed by atoms with Gasteiger partial charge in [-0.25, -0.2) is 15.0 Å². The Balaban J connectivity index is 0.989. The maximum absolute atomic E-state index is 5.30. The zero-order valence-electron chi connectivity index (χ0n) is 36.8. The summed E-state index contributed by atoms with van der Waals surface area (Å²) in [6, 6.07) is 86.4. The van der Waals surface area contributed by atoms with Crippen LogP contribution < -0.4 is 0 Å². The third kappa shape index (κ3) is 6.96. The first-order valence-corrected chi connectivity index (χ1v) is 23.7. The highest BCUT2D eigenvalue weighted by molar-refractivity contribution is 7.26. The molecule has 0 unspecified atom stereocenters. The van der Waals surface area contributed by atoms with Crippen molar-refractivity contribution < 1.29 is 0 Å². The molecule has 0 fully saturated rings. The maximum atomic E-state index is 5.30. The van der Waals surface area contributed by atoms with E-state index in [1.165, 1.54) is 42.1 Å². The van der Waals surface area contributed by atoms with Crippen molar-refractivity contribution in [3.63, 3.8) is 0 Å². The summed E-state index contributed by atoms with van der Waals surface area (Å²) in [5, 5.41) is 5.02. The van der Waals surface area contributed by atoms with E-state index >= 15 is 0 Å². The van der Waals surface area contributed by atoms with Crippen LogP contribution in [-0.4, -0.2) is 19.5 Å². The number of aromatic nitrogens is 4. The number of benzene rings is 10. The molecule has 318 valence electrons. The Labute approximate surface area is 397 Å². The van der Waals surface area contributed by atoms with Gasteiger partial charge in [0.15, 0.2) is 17.5 Å². The van der Waals surface area contributed by atoms with Crippen LogP contribution in [0.25, 0.3) is 126 Å². The van der Waals surface area contributed by atoms with Gasteiger partial charge in [-0.1, -0.05) is 206 Å². The summed E-state index contributed by atoms with van der Waals surface area (Å²) in [4.78, 5) is 15.8. The molecule has 5 heteroatoms. The van der Waals surface area contributed by atoms with Gasteiger partial charge in [-0.2, -0.15) is 0 Å². The van der Waals surface area contributed by atoms with Crippen molar-refractivity contribution >= 4 is 53.3 Å². The zero-order valence-corrected chi connectivity index (χ0v) is 37.6. The molecular formula is C63H40N4S. The first kappa shape index (κ1) is 39.6. The lowest BCUT2D eigenvalue weighted by Gasteiger charge is -2.16. The number of hydrogen-bond acceptors (Lipinski definition) is 4. The van der Waals surface area contributed by atoms with Crippen LogP contribution in [0.4, 0.5) is 0 Å². The van der Waals surface area contributed by atoms with E-state index in [-0.39, 0.29) is 0 Å². The van der Waals surface area contributed by atoms with Crippen molar-refractivity contribution in [3.8, 4) is 84.4 Å². The molecule has 68 heavy (non-hydrogen) atoms. The quantitative estimate of drug-likeness (QED) is 0.153. The Bertz CT molecular complexity index is 3890. The first-order chi connectivity index (χ1) is 33.7. The van der Waals surface area contributed by atoms with Gasteiger partial charge < -0.3 is 4.57 Å². The molecule has 0 radical (unpaired) electrons. The van der Waals surface area contributed by atoms with Crippen LogP contribution in [0.3, 0.4) is 0 Å². The summed E-state index contributed by atoms with van der Waals surface area (Å²) < 4.78 is 5.03. The number of rotatable bonds is 8. The average molecular weight is 885 g/mol. The van der Waals surface area contributed by atoms with E-state index in [9.17, 15) is 0 Å². The van der Waals surface area contributed by atoms with Crippen LogP contribution in [0.2, 0.25) is 0 Å². The maximum Gasteiger partial charge on any atom is 0.164 e. The monoisotopic (exact) mass is 884 g/mol. The molecule has 0 saturated carbocycles. The Morgan fingerprint density at radius 1 is 0.279 bits per heavy atom. The summed E-state index contributed by atoms with van der Waals surface area (Å²) in [6.45, 7) is 0. The fourth-order valence-electron chi connectivity index (χ4n) is 9.75. The molecule has 10 aromatic carbocycles. The minimum absolute atomic E-state index is 0.607. The van der Waals surface area contributed by atoms with Gasteiger partial charge in [0, 0.05) is 53.3 Å². The van der Waals surface area contributed by atoms with Crippen LogP contribution in [0.15, 0.2) is 243 Å². The highest BCUT2D eigenvalue weighted by atomic mass is 32.1. The van der Waals surface area contributed by atoms with E-state index in [0.29, 0.717) is 17.5 Å². The Morgan fingerprint density at radius 3 is 1.44 bits per heavy atom. The molecule has 0 saturated heterocycles. The highest BCUT2D eigenvalue weighted by Crippen LogP contribution is 2.43. The summed E-state index contributed by atoms with van der Waals surface area (Å²) in [5.41, 5.74) is 15.2. The lowest BCUT2D eigenvalue weighted by molar-refractivity contribution is 1.07. The Kier molecular flexibility index (Phi) is 9.66. The van der Waals surface area contributed by atoms with Crippen molar-refractivity contribution in [1.82, 2.24) is 19.5 Å². The van der Waals surface area contributed by atoms with Crippen molar-refractivity contribution in [2.75, 3.05) is 0 Å². The molecule has 13 rings (SSSR count). The smallest absolute Gasteiger partial charge is 0.164 e. The van der Waals surface area contributed by atoms with Gasteiger partial charge in [0.25, 0.3) is 0 Å². The molecular weight excluding hydrogens is 845 g/mol. The van der Waals surface area contributed by atoms with Gasteiger partial charge in [-0.15, -0.1) is 11.3 Å². The number of para-hydroxylation sites is 1. The molecule has 13 aromatic rings. The largest absolute Gasteiger partial charge is 0.309 e. The second-order valence-corrected chi connectivity index (χ2v) is 18.2. The van der Waals surface area contributed by atoms with Crippen molar-refractivity contribution in [3.05, 3.63) is 243 Å². The van der Waals surface area contributed by atoms with E-state index in [1.54, 1.807) is 0 Å². The normalized spacial score (nSPS) is 11.5. The van der Waals surface area contributed by atoms with Gasteiger partial charge >= 0.3 is 0 Å². The number of nitrogens with zero attached hydrogens (tertiary/aromatic N) is 4. The van der Waals surface area contributed by atoms with Crippen molar-refractivity contribution in [2.24, 2.45) is 0 Å². The number of fused-ring (bicyclic) bond motifs is 6. The van der Waals surface area contributed by atoms with Crippen LogP contribution in [0.5, 0.6) is 0 Å². The molecule has 0 atom stereocenters. The molecule has 0 N–H and O–H groups in total. The summed E-state index contributed by atoms with van der Waals surface area (Å²) in [5.74, 6) is 1.84. The molecule has 0 bridgehead atoms. The summed E-state index contributed by atoms with van der Waals surface area (Å²) in [6.07, 6.45) is 0. The summed E-state index contributed by atoms with van der Waals surface area (Å²) >= 11 is 1.87. The van der Waals surface area contributed by atoms with Gasteiger partial charge in [-0.05, 0) is 80.9 Å². The fraction of sp³-hybridized carbons (Fsp3) is 0. The predicted octanol–water partition coefficient (Wildman–Crippen LogP) is 17.0. The van der Waals surface area contributed by atoms with Gasteiger partial charge in [0.2, 0.25) is 0 Å². The van der Waals surface area contributed by atoms with E-state index < -0.39 is 0 Å². The molecule has 0 amide bonds. The van der Waals surface area contributed by atoms with Gasteiger partial charge in [0.1, 0.15) is 0 Å². The van der Waals surface area contributed by atoms with E-state index in [0.717, 1.165) is 66.8 Å². The van der Waals surface area contributed by atoms with Crippen LogP contribution in [-0.2, 0) is 0 Å². The molecule has 0 aliphatic rings. The fourth-order valence-corrected chi connectivity index (χ4v) is 11.0. The van der Waals surface area contributed by atoms with Crippen molar-refractivity contribution in [2.45, 2.75) is 0 Å². The third-order valence-corrected chi connectivity index (χ3v) is 14.3. The second kappa shape index (κ2) is 16.6. The Hall–Kier alpha value is -8.77. The topological polar surface area (TPSA) is 43.6 Å². The number of hydrogen-bond donors (Lipinski definition) is 0. The number of thiophene rings is 1. The first-order valence-electron chi connectivity index (χ1n) is 22.9. The minimum Gasteiger partial charge on any atom is -0.309 e. The lowest BCUT2D eigenvalue weighted by Crippen LogP contribution is -2.02. The van der Waals surface area contributed by atoms with Crippen LogP contribution in [0, 0.1) is 0 Å². The van der Waals surface area contributed by atoms with Crippen molar-refractivity contribution in [1.29, 1.82) is 0 Å². The standard InChI is InChI=1S/C63H40N4S/c1-4-15-41(16-5-1)43-27-31-46(32-28-43)61-64-62(47-33-29-44(30-34-47)42-17-6-2-7-18-42)66-63(65-61)55-38-36-49(40-56(55)45-19-8-3-9-20-45)67-57-25-12-10-21-51(57)52-37-35-48(39-58(52)67)50-23-14-24-54-53-22-11-13-26-59(53)68-60(50)54/h1-40H.